The van der Waals surface area contributed by atoms with E-state index < -0.39 is 29.2 Å². The Labute approximate surface area is 222 Å². The Morgan fingerprint density at radius 2 is 2.14 bits per heavy atom. The fourth-order valence-corrected chi connectivity index (χ4v) is 6.46. The van der Waals surface area contributed by atoms with Crippen LogP contribution in [-0.4, -0.2) is 67.7 Å². The highest BCUT2D eigenvalue weighted by atomic mass is 32.2. The summed E-state index contributed by atoms with van der Waals surface area (Å²) in [6.45, 7) is 0.301. The van der Waals surface area contributed by atoms with Gasteiger partial charge in [-0.1, -0.05) is 5.16 Å². The number of nitrogens with zero attached hydrogens (tertiary/aromatic N) is 5. The zero-order valence-corrected chi connectivity index (χ0v) is 21.7. The maximum Gasteiger partial charge on any atom is 0.352 e. The van der Waals surface area contributed by atoms with E-state index in [0.717, 1.165) is 22.6 Å². The summed E-state index contributed by atoms with van der Waals surface area (Å²) in [5, 5.41) is 19.5. The van der Waals surface area contributed by atoms with E-state index in [2.05, 4.69) is 20.4 Å². The Morgan fingerprint density at radius 3 is 2.76 bits per heavy atom. The van der Waals surface area contributed by atoms with Crippen molar-refractivity contribution in [2.45, 2.75) is 18.0 Å². The van der Waals surface area contributed by atoms with Gasteiger partial charge in [-0.05, 0) is 0 Å². The highest BCUT2D eigenvalue weighted by Gasteiger charge is 2.54. The van der Waals surface area contributed by atoms with Crippen LogP contribution >= 0.6 is 34.4 Å². The van der Waals surface area contributed by atoms with Crippen LogP contribution in [0.15, 0.2) is 57.2 Å². The Kier molecular flexibility index (Phi) is 6.90. The molecule has 1 fully saturated rings. The molecular formula is C22H20N7O5S3+. The first kappa shape index (κ1) is 24.9. The molecule has 2 amide bonds. The van der Waals surface area contributed by atoms with Gasteiger partial charge in [-0.25, -0.2) is 19.3 Å². The maximum atomic E-state index is 13.0. The lowest BCUT2D eigenvalue weighted by Gasteiger charge is -2.49. The molecule has 4 N–H and O–H groups in total. The quantitative estimate of drug-likeness (QED) is 0.158. The molecule has 2 aliphatic heterocycles. The highest BCUT2D eigenvalue weighted by Crippen LogP contribution is 2.40. The number of aromatic nitrogens is 3. The minimum atomic E-state index is -1.20. The molecule has 0 radical (unpaired) electrons. The molecule has 0 aliphatic carbocycles. The number of nitrogens with two attached hydrogens (primary N) is 1. The van der Waals surface area contributed by atoms with Gasteiger partial charge in [0, 0.05) is 39.8 Å². The molecule has 0 saturated carbocycles. The zero-order valence-electron chi connectivity index (χ0n) is 19.2. The van der Waals surface area contributed by atoms with E-state index in [1.165, 1.54) is 35.1 Å². The molecule has 1 saturated heterocycles. The van der Waals surface area contributed by atoms with Crippen LogP contribution in [0, 0.1) is 0 Å². The van der Waals surface area contributed by atoms with Crippen molar-refractivity contribution in [3.8, 4) is 11.3 Å². The summed E-state index contributed by atoms with van der Waals surface area (Å²) in [6.07, 6.45) is 3.70. The summed E-state index contributed by atoms with van der Waals surface area (Å²) in [4.78, 5) is 52.4. The first-order valence-corrected chi connectivity index (χ1v) is 13.7. The number of hydrogen-bond acceptors (Lipinski definition) is 11. The number of thiazole rings is 2. The predicted octanol–water partition coefficient (Wildman–Crippen LogP) is 0.926. The van der Waals surface area contributed by atoms with E-state index in [9.17, 15) is 19.5 Å². The molecule has 0 aromatic carbocycles. The van der Waals surface area contributed by atoms with Crippen molar-refractivity contribution in [3.63, 3.8) is 0 Å². The number of oxime groups is 1. The number of aliphatic carboxylic acids is 1. The van der Waals surface area contributed by atoms with Gasteiger partial charge >= 0.3 is 5.97 Å². The number of carboxylic acid groups (broad SMARTS) is 1. The molecule has 0 bridgehead atoms. The smallest absolute Gasteiger partial charge is 0.352 e. The average Bonchev–Trinajstić information content (AvgIpc) is 3.58. The largest absolute Gasteiger partial charge is 0.477 e. The lowest BCUT2D eigenvalue weighted by molar-refractivity contribution is -0.689. The Balaban J connectivity index is 1.32. The molecule has 5 heterocycles. The minimum Gasteiger partial charge on any atom is -0.477 e. The van der Waals surface area contributed by atoms with Crippen molar-refractivity contribution in [2.75, 3.05) is 18.6 Å². The molecule has 37 heavy (non-hydrogen) atoms. The van der Waals surface area contributed by atoms with Crippen LogP contribution in [0.3, 0.4) is 0 Å². The van der Waals surface area contributed by atoms with E-state index in [1.54, 1.807) is 10.9 Å². The number of hydrogen-bond donors (Lipinski definition) is 3. The number of thioether (sulfide) groups is 1. The summed E-state index contributed by atoms with van der Waals surface area (Å²) < 4.78 is 1.85. The molecule has 0 spiro atoms. The van der Waals surface area contributed by atoms with Gasteiger partial charge in [0.15, 0.2) is 29.8 Å². The summed E-state index contributed by atoms with van der Waals surface area (Å²) >= 11 is 4.02. The van der Waals surface area contributed by atoms with Crippen LogP contribution in [0.25, 0.3) is 11.3 Å². The third kappa shape index (κ3) is 4.80. The molecule has 12 nitrogen and oxygen atoms in total. The average molecular weight is 559 g/mol. The van der Waals surface area contributed by atoms with Gasteiger partial charge in [0.25, 0.3) is 11.8 Å². The predicted molar refractivity (Wildman–Crippen MR) is 138 cm³/mol. The number of carbonyl (C=O) groups is 3. The van der Waals surface area contributed by atoms with Crippen LogP contribution in [0.2, 0.25) is 0 Å². The third-order valence-corrected chi connectivity index (χ3v) is 8.29. The molecule has 2 atom stereocenters. The number of amides is 2. The fourth-order valence-electron chi connectivity index (χ4n) is 4.02. The first-order valence-electron chi connectivity index (χ1n) is 10.8. The van der Waals surface area contributed by atoms with Gasteiger partial charge in [-0.2, -0.15) is 0 Å². The first-order chi connectivity index (χ1) is 17.9. The summed E-state index contributed by atoms with van der Waals surface area (Å²) in [7, 11) is 1.28. The number of anilines is 1. The van der Waals surface area contributed by atoms with Crippen molar-refractivity contribution in [3.05, 3.63) is 57.8 Å². The standard InChI is InChI=1S/C22H19N7O5S3/c1-34-27-15(14-9-37-22(23)25-14)18(30)26-16-19(31)29-17(21(32)33)12(7-36-20(16)29)6-28-4-2-11(3-5-28)13-8-35-10-24-13/h2-5,8-10,16,20H,6-7H2,1H3,(H3-,23,25,26,30,32,33)/p+1/b27-15-/t16-,20-/m1/s1. The fraction of sp³-hybridized carbons (Fsp3) is 0.227. The number of pyridine rings is 1. The zero-order chi connectivity index (χ0) is 26.1. The van der Waals surface area contributed by atoms with Crippen LogP contribution in [-0.2, 0) is 25.8 Å². The number of fused-ring (bicyclic) bond motifs is 1. The summed E-state index contributed by atoms with van der Waals surface area (Å²) in [5.41, 5.74) is 9.86. The molecule has 3 aromatic heterocycles. The van der Waals surface area contributed by atoms with Crippen LogP contribution in [0.4, 0.5) is 5.13 Å². The number of nitrogen functional groups attached to an aromatic ring is 1. The number of carbonyl (C=O) groups excluding carboxylic acids is 2. The SMILES string of the molecule is CO/N=C(\C(=O)N[C@@H]1C(=O)N2C(C(=O)O)=C(C[n+]3ccc(-c4cscn4)cc3)CS[C@H]12)c1csc(N)n1. The maximum absolute atomic E-state index is 13.0. The number of nitrogens with one attached hydrogen (secondary N) is 1. The Bertz CT molecular complexity index is 1420. The normalized spacial score (nSPS) is 19.3. The topological polar surface area (TPSA) is 164 Å². The van der Waals surface area contributed by atoms with Crippen molar-refractivity contribution >= 4 is 63.1 Å². The van der Waals surface area contributed by atoms with Gasteiger partial charge in [-0.3, -0.25) is 14.5 Å². The lowest BCUT2D eigenvalue weighted by Crippen LogP contribution is -2.71. The van der Waals surface area contributed by atoms with E-state index >= 15 is 0 Å². The van der Waals surface area contributed by atoms with Crippen LogP contribution in [0.5, 0.6) is 0 Å². The second-order valence-electron chi connectivity index (χ2n) is 7.94. The van der Waals surface area contributed by atoms with Gasteiger partial charge < -0.3 is 21.0 Å². The lowest BCUT2D eigenvalue weighted by atomic mass is 10.0. The molecular weight excluding hydrogens is 538 g/mol. The van der Waals surface area contributed by atoms with Crippen LogP contribution in [0.1, 0.15) is 5.69 Å². The van der Waals surface area contributed by atoms with Crippen molar-refractivity contribution in [1.82, 2.24) is 20.2 Å². The van der Waals surface area contributed by atoms with Crippen LogP contribution < -0.4 is 15.6 Å². The minimum absolute atomic E-state index is 0.0617. The Hall–Kier alpha value is -3.82. The number of carboxylic acids is 1. The van der Waals surface area contributed by atoms with Crippen molar-refractivity contribution in [1.29, 1.82) is 0 Å². The number of rotatable bonds is 8. The Morgan fingerprint density at radius 1 is 1.35 bits per heavy atom. The second-order valence-corrected chi connectivity index (χ2v) is 10.7. The molecule has 5 rings (SSSR count). The monoisotopic (exact) mass is 558 g/mol. The molecule has 3 aromatic rings. The van der Waals surface area contributed by atoms with Gasteiger partial charge in [0.05, 0.1) is 11.2 Å². The summed E-state index contributed by atoms with van der Waals surface area (Å²) in [5.74, 6) is -2.00. The van der Waals surface area contributed by atoms with Crippen molar-refractivity contribution in [2.24, 2.45) is 5.16 Å². The van der Waals surface area contributed by atoms with E-state index in [-0.39, 0.29) is 22.2 Å². The van der Waals surface area contributed by atoms with Gasteiger partial charge in [0.1, 0.15) is 29.9 Å². The van der Waals surface area contributed by atoms with E-state index in [0.29, 0.717) is 17.9 Å². The number of β-lactam (4-membered cyclic amide) rings is 1. The second kappa shape index (κ2) is 10.3. The molecule has 15 heteroatoms. The van der Waals surface area contributed by atoms with E-state index in [4.69, 9.17) is 10.6 Å². The van der Waals surface area contributed by atoms with Gasteiger partial charge in [0.2, 0.25) is 0 Å². The molecule has 2 aliphatic rings. The highest BCUT2D eigenvalue weighted by molar-refractivity contribution is 8.00. The van der Waals surface area contributed by atoms with Gasteiger partial charge in [-0.15, -0.1) is 34.4 Å². The van der Waals surface area contributed by atoms with Crippen molar-refractivity contribution < 1.29 is 28.9 Å². The molecule has 190 valence electrons. The summed E-state index contributed by atoms with van der Waals surface area (Å²) in [6, 6.07) is 2.89. The molecule has 0 unspecified atom stereocenters. The van der Waals surface area contributed by atoms with E-state index in [1.807, 2.05) is 34.5 Å². The third-order valence-electron chi connectivity index (χ3n) is 5.69.